The van der Waals surface area contributed by atoms with Gasteiger partial charge in [0.1, 0.15) is 0 Å². The lowest BCUT2D eigenvalue weighted by Crippen LogP contribution is -2.08. The Bertz CT molecular complexity index is 735. The Kier molecular flexibility index (Phi) is 7.58. The molecule has 1 atom stereocenters. The molecule has 26 heavy (non-hydrogen) atoms. The van der Waals surface area contributed by atoms with Gasteiger partial charge in [0.05, 0.1) is 19.1 Å². The summed E-state index contributed by atoms with van der Waals surface area (Å²) in [5, 5.41) is 17.5. The molecule has 2 N–H and O–H groups in total. The van der Waals surface area contributed by atoms with Gasteiger partial charge in [0, 0.05) is 6.42 Å². The first-order chi connectivity index (χ1) is 12.6. The lowest BCUT2D eigenvalue weighted by molar-refractivity contribution is -0.138. The number of carboxylic acids is 2. The minimum absolute atomic E-state index is 0.00391. The Morgan fingerprint density at radius 3 is 2.15 bits per heavy atom. The smallest absolute Gasteiger partial charge is 0.307 e. The standard InChI is InChI=1S/C21H22O5/c22-20(23)8-4-5-15-26-19(13-14-21(24)25)18-11-9-17(10-12-18)16-6-2-1-3-7-16/h1-7,9-12,19H,8,13-15H2,(H,22,23)(H,24,25). The molecule has 2 aromatic carbocycles. The molecule has 136 valence electrons. The highest BCUT2D eigenvalue weighted by atomic mass is 16.5. The third-order valence-electron chi connectivity index (χ3n) is 3.86. The molecule has 0 aromatic heterocycles. The van der Waals surface area contributed by atoms with E-state index in [2.05, 4.69) is 0 Å². The average Bonchev–Trinajstić information content (AvgIpc) is 2.64. The molecule has 5 heteroatoms. The van der Waals surface area contributed by atoms with Crippen molar-refractivity contribution in [2.75, 3.05) is 6.61 Å². The van der Waals surface area contributed by atoms with E-state index in [9.17, 15) is 9.59 Å². The molecule has 0 amide bonds. The summed E-state index contributed by atoms with van der Waals surface area (Å²) >= 11 is 0. The van der Waals surface area contributed by atoms with Gasteiger partial charge in [-0.25, -0.2) is 0 Å². The highest BCUT2D eigenvalue weighted by Crippen LogP contribution is 2.26. The molecule has 0 saturated heterocycles. The van der Waals surface area contributed by atoms with E-state index < -0.39 is 11.9 Å². The summed E-state index contributed by atoms with van der Waals surface area (Å²) in [7, 11) is 0. The van der Waals surface area contributed by atoms with Crippen LogP contribution in [0.15, 0.2) is 66.7 Å². The molecule has 0 aliphatic rings. The van der Waals surface area contributed by atoms with Crippen LogP contribution in [0.3, 0.4) is 0 Å². The van der Waals surface area contributed by atoms with Gasteiger partial charge >= 0.3 is 11.9 Å². The molecule has 5 nitrogen and oxygen atoms in total. The Morgan fingerprint density at radius 2 is 1.54 bits per heavy atom. The molecular formula is C21H22O5. The molecule has 2 aromatic rings. The van der Waals surface area contributed by atoms with Crippen LogP contribution in [-0.2, 0) is 14.3 Å². The highest BCUT2D eigenvalue weighted by Gasteiger charge is 2.14. The molecule has 0 heterocycles. The van der Waals surface area contributed by atoms with Crippen LogP contribution < -0.4 is 0 Å². The van der Waals surface area contributed by atoms with E-state index >= 15 is 0 Å². The number of rotatable bonds is 10. The molecule has 0 fully saturated rings. The van der Waals surface area contributed by atoms with Crippen LogP contribution in [0, 0.1) is 0 Å². The third kappa shape index (κ3) is 6.53. The summed E-state index contributed by atoms with van der Waals surface area (Å²) in [6.45, 7) is 0.234. The second-order valence-electron chi connectivity index (χ2n) is 5.81. The number of benzene rings is 2. The Labute approximate surface area is 152 Å². The van der Waals surface area contributed by atoms with Crippen molar-refractivity contribution in [3.8, 4) is 11.1 Å². The number of ether oxygens (including phenoxy) is 1. The first-order valence-electron chi connectivity index (χ1n) is 8.42. The van der Waals surface area contributed by atoms with Gasteiger partial charge in [0.2, 0.25) is 0 Å². The van der Waals surface area contributed by atoms with Crippen molar-refractivity contribution in [2.24, 2.45) is 0 Å². The quantitative estimate of drug-likeness (QED) is 0.621. The number of carboxylic acid groups (broad SMARTS) is 2. The lowest BCUT2D eigenvalue weighted by atomic mass is 10.00. The van der Waals surface area contributed by atoms with Gasteiger partial charge in [-0.2, -0.15) is 0 Å². The van der Waals surface area contributed by atoms with Gasteiger partial charge in [0.15, 0.2) is 0 Å². The minimum atomic E-state index is -0.903. The van der Waals surface area contributed by atoms with Gasteiger partial charge in [-0.1, -0.05) is 66.7 Å². The topological polar surface area (TPSA) is 83.8 Å². The zero-order valence-corrected chi connectivity index (χ0v) is 14.4. The number of hydrogen-bond acceptors (Lipinski definition) is 3. The number of aliphatic carboxylic acids is 2. The van der Waals surface area contributed by atoms with E-state index in [1.54, 1.807) is 6.08 Å². The van der Waals surface area contributed by atoms with Crippen molar-refractivity contribution < 1.29 is 24.5 Å². The Balaban J connectivity index is 2.04. The summed E-state index contributed by atoms with van der Waals surface area (Å²) in [5.74, 6) is -1.78. The summed E-state index contributed by atoms with van der Waals surface area (Å²) < 4.78 is 5.76. The predicted octanol–water partition coefficient (Wildman–Crippen LogP) is 4.31. The zero-order chi connectivity index (χ0) is 18.8. The summed E-state index contributed by atoms with van der Waals surface area (Å²) in [5.41, 5.74) is 3.09. The maximum atomic E-state index is 10.9. The summed E-state index contributed by atoms with van der Waals surface area (Å²) in [6, 6.07) is 17.8. The number of hydrogen-bond donors (Lipinski definition) is 2. The maximum absolute atomic E-state index is 10.9. The van der Waals surface area contributed by atoms with Gasteiger partial charge < -0.3 is 14.9 Å². The zero-order valence-electron chi connectivity index (χ0n) is 14.4. The molecule has 1 unspecified atom stereocenters. The van der Waals surface area contributed by atoms with Crippen molar-refractivity contribution in [2.45, 2.75) is 25.4 Å². The fourth-order valence-electron chi connectivity index (χ4n) is 2.55. The lowest BCUT2D eigenvalue weighted by Gasteiger charge is -2.17. The van der Waals surface area contributed by atoms with Crippen molar-refractivity contribution >= 4 is 11.9 Å². The molecule has 0 spiro atoms. The van der Waals surface area contributed by atoms with E-state index in [1.165, 1.54) is 6.08 Å². The molecular weight excluding hydrogens is 332 g/mol. The van der Waals surface area contributed by atoms with Crippen LogP contribution in [0.2, 0.25) is 0 Å². The fraction of sp³-hybridized carbons (Fsp3) is 0.238. The molecule has 2 rings (SSSR count). The van der Waals surface area contributed by atoms with Crippen LogP contribution in [0.1, 0.15) is 30.9 Å². The molecule has 0 bridgehead atoms. The van der Waals surface area contributed by atoms with E-state index in [0.29, 0.717) is 6.42 Å². The van der Waals surface area contributed by atoms with Crippen molar-refractivity contribution in [1.29, 1.82) is 0 Å². The van der Waals surface area contributed by atoms with Crippen molar-refractivity contribution in [3.05, 3.63) is 72.3 Å². The molecule has 0 saturated carbocycles. The first kappa shape index (κ1) is 19.4. The normalized spacial score (nSPS) is 12.2. The monoisotopic (exact) mass is 354 g/mol. The van der Waals surface area contributed by atoms with Gasteiger partial charge in [-0.3, -0.25) is 9.59 Å². The largest absolute Gasteiger partial charge is 0.481 e. The minimum Gasteiger partial charge on any atom is -0.481 e. The van der Waals surface area contributed by atoms with Crippen LogP contribution >= 0.6 is 0 Å². The van der Waals surface area contributed by atoms with Crippen molar-refractivity contribution in [3.63, 3.8) is 0 Å². The van der Waals surface area contributed by atoms with Gasteiger partial charge in [-0.05, 0) is 23.1 Å². The second kappa shape index (κ2) is 10.2. The van der Waals surface area contributed by atoms with Crippen LogP contribution in [0.5, 0.6) is 0 Å². The van der Waals surface area contributed by atoms with Crippen molar-refractivity contribution in [1.82, 2.24) is 0 Å². The summed E-state index contributed by atoms with van der Waals surface area (Å²) in [6.07, 6.45) is 3.10. The Morgan fingerprint density at radius 1 is 0.885 bits per heavy atom. The van der Waals surface area contributed by atoms with Crippen LogP contribution in [-0.4, -0.2) is 28.8 Å². The van der Waals surface area contributed by atoms with Crippen LogP contribution in [0.4, 0.5) is 0 Å². The van der Waals surface area contributed by atoms with E-state index in [4.69, 9.17) is 14.9 Å². The maximum Gasteiger partial charge on any atom is 0.307 e. The summed E-state index contributed by atoms with van der Waals surface area (Å²) in [4.78, 5) is 21.4. The average molecular weight is 354 g/mol. The third-order valence-corrected chi connectivity index (χ3v) is 3.86. The SMILES string of the molecule is O=C(O)CC=CCOC(CCC(=O)O)c1ccc(-c2ccccc2)cc1. The second-order valence-corrected chi connectivity index (χ2v) is 5.81. The Hall–Kier alpha value is -2.92. The number of carbonyl (C=O) groups is 2. The molecule has 0 aliphatic heterocycles. The highest BCUT2D eigenvalue weighted by molar-refractivity contribution is 5.68. The molecule has 0 radical (unpaired) electrons. The molecule has 0 aliphatic carbocycles. The first-order valence-corrected chi connectivity index (χ1v) is 8.42. The van der Waals surface area contributed by atoms with E-state index in [1.807, 2.05) is 54.6 Å². The van der Waals surface area contributed by atoms with Crippen LogP contribution in [0.25, 0.3) is 11.1 Å². The van der Waals surface area contributed by atoms with E-state index in [-0.39, 0.29) is 25.6 Å². The fourth-order valence-corrected chi connectivity index (χ4v) is 2.55. The predicted molar refractivity (Wildman–Crippen MR) is 98.8 cm³/mol. The van der Waals surface area contributed by atoms with Gasteiger partial charge in [0.25, 0.3) is 0 Å². The van der Waals surface area contributed by atoms with E-state index in [0.717, 1.165) is 16.7 Å². The van der Waals surface area contributed by atoms with Gasteiger partial charge in [-0.15, -0.1) is 0 Å².